The lowest BCUT2D eigenvalue weighted by molar-refractivity contribution is 0.0697. The van der Waals surface area contributed by atoms with Gasteiger partial charge in [-0.05, 0) is 46.9 Å². The second-order valence-electron chi connectivity index (χ2n) is 3.92. The first-order valence-corrected chi connectivity index (χ1v) is 6.82. The maximum atomic E-state index is 11.7. The van der Waals surface area contributed by atoms with Crippen molar-refractivity contribution in [3.05, 3.63) is 56.3 Å². The van der Waals surface area contributed by atoms with Gasteiger partial charge in [-0.25, -0.2) is 9.78 Å². The van der Waals surface area contributed by atoms with Gasteiger partial charge in [0.1, 0.15) is 12.4 Å². The fourth-order valence-electron chi connectivity index (χ4n) is 1.54. The van der Waals surface area contributed by atoms with Crippen molar-refractivity contribution in [1.82, 2.24) is 9.55 Å². The van der Waals surface area contributed by atoms with E-state index in [1.807, 2.05) is 22.6 Å². The summed E-state index contributed by atoms with van der Waals surface area (Å²) in [5.74, 6) is -0.422. The Morgan fingerprint density at radius 1 is 1.35 bits per heavy atom. The molecule has 2 aromatic rings. The van der Waals surface area contributed by atoms with Crippen LogP contribution in [0.25, 0.3) is 0 Å². The highest BCUT2D eigenvalue weighted by molar-refractivity contribution is 14.1. The number of carboxylic acids is 1. The number of carboxylic acid groups (broad SMARTS) is 1. The Balaban J connectivity index is 1.94. The van der Waals surface area contributed by atoms with Gasteiger partial charge in [-0.2, -0.15) is 0 Å². The van der Waals surface area contributed by atoms with Gasteiger partial charge >= 0.3 is 5.97 Å². The predicted molar refractivity (Wildman–Crippen MR) is 80.1 cm³/mol. The molecule has 0 aliphatic rings. The van der Waals surface area contributed by atoms with E-state index in [0.29, 0.717) is 22.5 Å². The number of benzene rings is 1. The molecule has 0 unspecified atom stereocenters. The molecular weight excluding hydrogens is 375 g/mol. The standard InChI is InChI=1S/C13H11IN2O4/c14-11-7-15-8-16(12(11)17)5-6-20-10-3-1-9(2-4-10)13(18)19/h1-4,7-8H,5-6H2,(H,18,19). The molecule has 0 amide bonds. The highest BCUT2D eigenvalue weighted by Gasteiger charge is 2.03. The Labute approximate surface area is 128 Å². The Bertz CT molecular complexity index is 667. The van der Waals surface area contributed by atoms with Gasteiger partial charge in [0.15, 0.2) is 0 Å². The van der Waals surface area contributed by atoms with Gasteiger partial charge in [0.05, 0.1) is 22.0 Å². The van der Waals surface area contributed by atoms with Crippen molar-refractivity contribution in [2.75, 3.05) is 6.61 Å². The largest absolute Gasteiger partial charge is 0.492 e. The van der Waals surface area contributed by atoms with Crippen molar-refractivity contribution in [1.29, 1.82) is 0 Å². The second kappa shape index (κ2) is 6.51. The molecule has 7 heteroatoms. The van der Waals surface area contributed by atoms with Crippen LogP contribution in [0.2, 0.25) is 0 Å². The van der Waals surface area contributed by atoms with Crippen LogP contribution in [0.4, 0.5) is 0 Å². The monoisotopic (exact) mass is 386 g/mol. The Hall–Kier alpha value is -1.90. The van der Waals surface area contributed by atoms with Crippen molar-refractivity contribution < 1.29 is 14.6 Å². The minimum absolute atomic E-state index is 0.106. The third-order valence-electron chi connectivity index (χ3n) is 2.56. The summed E-state index contributed by atoms with van der Waals surface area (Å²) < 4.78 is 7.47. The van der Waals surface area contributed by atoms with Crippen molar-refractivity contribution in [3.8, 4) is 5.75 Å². The number of aromatic nitrogens is 2. The lowest BCUT2D eigenvalue weighted by atomic mass is 10.2. The zero-order valence-corrected chi connectivity index (χ0v) is 12.5. The van der Waals surface area contributed by atoms with Gasteiger partial charge in [0.25, 0.3) is 5.56 Å². The van der Waals surface area contributed by atoms with E-state index in [-0.39, 0.29) is 11.1 Å². The van der Waals surface area contributed by atoms with E-state index < -0.39 is 5.97 Å². The SMILES string of the molecule is O=C(O)c1ccc(OCCn2cncc(I)c2=O)cc1. The van der Waals surface area contributed by atoms with Gasteiger partial charge < -0.3 is 9.84 Å². The Morgan fingerprint density at radius 3 is 2.70 bits per heavy atom. The van der Waals surface area contributed by atoms with Crippen LogP contribution < -0.4 is 10.3 Å². The van der Waals surface area contributed by atoms with Gasteiger partial charge in [0.2, 0.25) is 0 Å². The number of rotatable bonds is 5. The van der Waals surface area contributed by atoms with Gasteiger partial charge in [0, 0.05) is 6.20 Å². The normalized spacial score (nSPS) is 10.2. The molecule has 1 heterocycles. The van der Waals surface area contributed by atoms with Crippen molar-refractivity contribution in [3.63, 3.8) is 0 Å². The summed E-state index contributed by atoms with van der Waals surface area (Å²) in [5.41, 5.74) is 0.0980. The molecule has 0 saturated carbocycles. The van der Waals surface area contributed by atoms with Gasteiger partial charge in [-0.3, -0.25) is 9.36 Å². The minimum atomic E-state index is -0.979. The van der Waals surface area contributed by atoms with E-state index in [1.165, 1.54) is 29.2 Å². The zero-order chi connectivity index (χ0) is 14.5. The summed E-state index contributed by atoms with van der Waals surface area (Å²) in [5, 5.41) is 8.77. The molecule has 20 heavy (non-hydrogen) atoms. The van der Waals surface area contributed by atoms with Crippen molar-refractivity contribution in [2.45, 2.75) is 6.54 Å². The third kappa shape index (κ3) is 3.56. The fourth-order valence-corrected chi connectivity index (χ4v) is 2.01. The average Bonchev–Trinajstić information content (AvgIpc) is 2.44. The van der Waals surface area contributed by atoms with Crippen LogP contribution in [0.3, 0.4) is 0 Å². The molecule has 0 atom stereocenters. The predicted octanol–water partition coefficient (Wildman–Crippen LogP) is 1.63. The molecule has 0 bridgehead atoms. The molecule has 6 nitrogen and oxygen atoms in total. The Morgan fingerprint density at radius 2 is 2.05 bits per heavy atom. The summed E-state index contributed by atoms with van der Waals surface area (Å²) in [7, 11) is 0. The zero-order valence-electron chi connectivity index (χ0n) is 10.3. The van der Waals surface area contributed by atoms with E-state index in [2.05, 4.69) is 4.98 Å². The molecule has 2 rings (SSSR count). The number of halogens is 1. The van der Waals surface area contributed by atoms with Crippen LogP contribution in [-0.2, 0) is 6.54 Å². The van der Waals surface area contributed by atoms with E-state index in [1.54, 1.807) is 12.1 Å². The smallest absolute Gasteiger partial charge is 0.335 e. The molecule has 104 valence electrons. The number of hydrogen-bond acceptors (Lipinski definition) is 4. The maximum absolute atomic E-state index is 11.7. The summed E-state index contributed by atoms with van der Waals surface area (Å²) in [6, 6.07) is 6.10. The second-order valence-corrected chi connectivity index (χ2v) is 5.08. The molecule has 0 radical (unpaired) electrons. The molecule has 0 aliphatic carbocycles. The molecular formula is C13H11IN2O4. The quantitative estimate of drug-likeness (QED) is 0.791. The first-order valence-electron chi connectivity index (χ1n) is 5.74. The average molecular weight is 386 g/mol. The Kier molecular flexibility index (Phi) is 4.72. The van der Waals surface area contributed by atoms with Gasteiger partial charge in [-0.1, -0.05) is 0 Å². The van der Waals surface area contributed by atoms with Crippen LogP contribution in [-0.4, -0.2) is 27.2 Å². The maximum Gasteiger partial charge on any atom is 0.335 e. The molecule has 0 aliphatic heterocycles. The number of carbonyl (C=O) groups is 1. The van der Waals surface area contributed by atoms with E-state index >= 15 is 0 Å². The van der Waals surface area contributed by atoms with Crippen LogP contribution in [0.1, 0.15) is 10.4 Å². The summed E-state index contributed by atoms with van der Waals surface area (Å²) in [4.78, 5) is 26.4. The molecule has 1 aromatic carbocycles. The van der Waals surface area contributed by atoms with E-state index in [0.717, 1.165) is 0 Å². The topological polar surface area (TPSA) is 81.4 Å². The first-order chi connectivity index (χ1) is 9.58. The molecule has 1 aromatic heterocycles. The molecule has 1 N–H and O–H groups in total. The number of hydrogen-bond donors (Lipinski definition) is 1. The lowest BCUT2D eigenvalue weighted by Crippen LogP contribution is -2.25. The summed E-state index contributed by atoms with van der Waals surface area (Å²) in [6.45, 7) is 0.678. The van der Waals surface area contributed by atoms with Gasteiger partial charge in [-0.15, -0.1) is 0 Å². The number of aromatic carboxylic acids is 1. The van der Waals surface area contributed by atoms with Crippen molar-refractivity contribution in [2.24, 2.45) is 0 Å². The fraction of sp³-hybridized carbons (Fsp3) is 0.154. The van der Waals surface area contributed by atoms with Crippen LogP contribution in [0, 0.1) is 3.57 Å². The summed E-state index contributed by atoms with van der Waals surface area (Å²) in [6.07, 6.45) is 2.96. The lowest BCUT2D eigenvalue weighted by Gasteiger charge is -2.08. The molecule has 0 saturated heterocycles. The molecule has 0 fully saturated rings. The highest BCUT2D eigenvalue weighted by atomic mass is 127. The van der Waals surface area contributed by atoms with E-state index in [9.17, 15) is 9.59 Å². The number of ether oxygens (including phenoxy) is 1. The third-order valence-corrected chi connectivity index (χ3v) is 3.30. The molecule has 0 spiro atoms. The van der Waals surface area contributed by atoms with Crippen LogP contribution >= 0.6 is 22.6 Å². The first kappa shape index (κ1) is 14.5. The summed E-state index contributed by atoms with van der Waals surface area (Å²) >= 11 is 1.93. The number of nitrogens with zero attached hydrogens (tertiary/aromatic N) is 2. The minimum Gasteiger partial charge on any atom is -0.492 e. The van der Waals surface area contributed by atoms with Crippen molar-refractivity contribution >= 4 is 28.6 Å². The van der Waals surface area contributed by atoms with Crippen LogP contribution in [0.5, 0.6) is 5.75 Å². The highest BCUT2D eigenvalue weighted by Crippen LogP contribution is 2.12. The van der Waals surface area contributed by atoms with Crippen LogP contribution in [0.15, 0.2) is 41.6 Å². The van der Waals surface area contributed by atoms with E-state index in [4.69, 9.17) is 9.84 Å².